The van der Waals surface area contributed by atoms with E-state index in [2.05, 4.69) is 39.1 Å². The van der Waals surface area contributed by atoms with Crippen molar-refractivity contribution >= 4 is 43.6 Å². The van der Waals surface area contributed by atoms with Crippen molar-refractivity contribution in [3.8, 4) is 5.75 Å². The van der Waals surface area contributed by atoms with Gasteiger partial charge in [-0.05, 0) is 54.5 Å². The third-order valence-corrected chi connectivity index (χ3v) is 5.40. The number of unbranched alkanes of at least 4 members (excludes halogenated alkanes) is 1. The minimum Gasteiger partial charge on any atom is -0.493 e. The van der Waals surface area contributed by atoms with E-state index in [0.717, 1.165) is 50.3 Å². The van der Waals surface area contributed by atoms with Crippen molar-refractivity contribution in [1.29, 1.82) is 0 Å². The Balaban J connectivity index is 1.42. The molecule has 142 valence electrons. The molecule has 5 heteroatoms. The predicted molar refractivity (Wildman–Crippen MR) is 115 cm³/mol. The summed E-state index contributed by atoms with van der Waals surface area (Å²) in [7, 11) is 0. The Morgan fingerprint density at radius 2 is 1.82 bits per heavy atom. The Morgan fingerprint density at radius 1 is 1.00 bits per heavy atom. The van der Waals surface area contributed by atoms with Gasteiger partial charge in [0.1, 0.15) is 11.4 Å². The Morgan fingerprint density at radius 3 is 2.68 bits per heavy atom. The number of hydrogen-bond donors (Lipinski definition) is 2. The molecule has 0 aliphatic rings. The second-order valence-electron chi connectivity index (χ2n) is 6.76. The number of halogens is 1. The number of ether oxygens (including phenoxy) is 1. The van der Waals surface area contributed by atoms with Crippen molar-refractivity contribution in [2.24, 2.45) is 0 Å². The first-order valence-electron chi connectivity index (χ1n) is 9.27. The third kappa shape index (κ3) is 3.76. The van der Waals surface area contributed by atoms with Crippen LogP contribution in [0.4, 0.5) is 0 Å². The molecule has 0 unspecified atom stereocenters. The molecule has 0 spiro atoms. The lowest BCUT2D eigenvalue weighted by molar-refractivity contribution is 0.0690. The zero-order valence-corrected chi connectivity index (χ0v) is 16.8. The minimum atomic E-state index is -0.922. The largest absolute Gasteiger partial charge is 0.493 e. The summed E-state index contributed by atoms with van der Waals surface area (Å²) in [6, 6.07) is 20.0. The van der Waals surface area contributed by atoms with Crippen LogP contribution in [0, 0.1) is 0 Å². The van der Waals surface area contributed by atoms with Gasteiger partial charge in [0.2, 0.25) is 0 Å². The fourth-order valence-electron chi connectivity index (χ4n) is 3.57. The highest BCUT2D eigenvalue weighted by molar-refractivity contribution is 9.10. The van der Waals surface area contributed by atoms with Gasteiger partial charge in [-0.1, -0.05) is 52.3 Å². The van der Waals surface area contributed by atoms with Gasteiger partial charge < -0.3 is 14.8 Å². The van der Waals surface area contributed by atoms with Gasteiger partial charge in [0.25, 0.3) is 0 Å². The molecule has 0 amide bonds. The molecule has 4 nitrogen and oxygen atoms in total. The predicted octanol–water partition coefficient (Wildman–Crippen LogP) is 6.18. The Hall–Kier alpha value is -2.79. The zero-order valence-electron chi connectivity index (χ0n) is 15.2. The Bertz CT molecular complexity index is 1140. The standard InChI is InChI=1S/C23H20BrNO3/c24-16-11-12-20-19(14-16)18(22(25-20)23(26)27)9-3-4-13-28-21-10-5-7-15-6-1-2-8-17(15)21/h1-2,5-8,10-12,14,25H,3-4,9,13H2,(H,26,27). The van der Waals surface area contributed by atoms with Crippen LogP contribution in [0.2, 0.25) is 0 Å². The van der Waals surface area contributed by atoms with E-state index in [1.807, 2.05) is 42.5 Å². The van der Waals surface area contributed by atoms with Crippen LogP contribution < -0.4 is 4.74 Å². The summed E-state index contributed by atoms with van der Waals surface area (Å²) in [5.41, 5.74) is 1.99. The SMILES string of the molecule is O=C(O)c1[nH]c2ccc(Br)cc2c1CCCCOc1cccc2ccccc12. The summed E-state index contributed by atoms with van der Waals surface area (Å²) in [5, 5.41) is 12.8. The average molecular weight is 438 g/mol. The summed E-state index contributed by atoms with van der Waals surface area (Å²) in [4.78, 5) is 14.6. The molecular weight excluding hydrogens is 418 g/mol. The Labute approximate surface area is 171 Å². The van der Waals surface area contributed by atoms with Crippen LogP contribution in [0.25, 0.3) is 21.7 Å². The molecule has 0 saturated carbocycles. The third-order valence-electron chi connectivity index (χ3n) is 4.91. The van der Waals surface area contributed by atoms with Gasteiger partial charge in [0.15, 0.2) is 0 Å². The van der Waals surface area contributed by atoms with Crippen molar-refractivity contribution in [2.75, 3.05) is 6.61 Å². The molecule has 28 heavy (non-hydrogen) atoms. The highest BCUT2D eigenvalue weighted by Gasteiger charge is 2.16. The van der Waals surface area contributed by atoms with Crippen molar-refractivity contribution < 1.29 is 14.6 Å². The number of aromatic carboxylic acids is 1. The molecule has 2 N–H and O–H groups in total. The van der Waals surface area contributed by atoms with E-state index < -0.39 is 5.97 Å². The molecule has 4 rings (SSSR count). The second kappa shape index (κ2) is 8.07. The van der Waals surface area contributed by atoms with Gasteiger partial charge in [-0.2, -0.15) is 0 Å². The van der Waals surface area contributed by atoms with Gasteiger partial charge in [0, 0.05) is 20.8 Å². The molecule has 0 bridgehead atoms. The maximum Gasteiger partial charge on any atom is 0.352 e. The minimum absolute atomic E-state index is 0.281. The molecule has 1 heterocycles. The molecule has 0 atom stereocenters. The summed E-state index contributed by atoms with van der Waals surface area (Å²) >= 11 is 3.47. The van der Waals surface area contributed by atoms with Crippen LogP contribution in [0.3, 0.4) is 0 Å². The van der Waals surface area contributed by atoms with Gasteiger partial charge in [-0.3, -0.25) is 0 Å². The summed E-state index contributed by atoms with van der Waals surface area (Å²) in [5.74, 6) is -0.0327. The van der Waals surface area contributed by atoms with E-state index in [4.69, 9.17) is 4.74 Å². The Kier molecular flexibility index (Phi) is 5.35. The molecule has 0 aliphatic heterocycles. The quantitative estimate of drug-likeness (QED) is 0.339. The maximum atomic E-state index is 11.6. The topological polar surface area (TPSA) is 62.3 Å². The molecule has 3 aromatic carbocycles. The number of carboxylic acids is 1. The average Bonchev–Trinajstić information content (AvgIpc) is 3.06. The lowest BCUT2D eigenvalue weighted by Crippen LogP contribution is -2.03. The second-order valence-corrected chi connectivity index (χ2v) is 7.67. The number of rotatable bonds is 7. The monoisotopic (exact) mass is 437 g/mol. The van der Waals surface area contributed by atoms with Crippen LogP contribution >= 0.6 is 15.9 Å². The number of aromatic amines is 1. The molecule has 1 aromatic heterocycles. The highest BCUT2D eigenvalue weighted by Crippen LogP contribution is 2.28. The lowest BCUT2D eigenvalue weighted by Gasteiger charge is -2.09. The first-order chi connectivity index (χ1) is 13.6. The van der Waals surface area contributed by atoms with Crippen molar-refractivity contribution in [1.82, 2.24) is 4.98 Å². The van der Waals surface area contributed by atoms with Crippen LogP contribution in [-0.2, 0) is 6.42 Å². The van der Waals surface area contributed by atoms with Crippen molar-refractivity contribution in [2.45, 2.75) is 19.3 Å². The van der Waals surface area contributed by atoms with Gasteiger partial charge in [0.05, 0.1) is 6.61 Å². The summed E-state index contributed by atoms with van der Waals surface area (Å²) in [6.45, 7) is 0.600. The summed E-state index contributed by atoms with van der Waals surface area (Å²) in [6.07, 6.45) is 2.39. The first-order valence-corrected chi connectivity index (χ1v) is 10.1. The van der Waals surface area contributed by atoms with Crippen LogP contribution in [-0.4, -0.2) is 22.7 Å². The summed E-state index contributed by atoms with van der Waals surface area (Å²) < 4.78 is 6.93. The van der Waals surface area contributed by atoms with E-state index in [-0.39, 0.29) is 5.69 Å². The number of aromatic nitrogens is 1. The van der Waals surface area contributed by atoms with Gasteiger partial charge in [-0.25, -0.2) is 4.79 Å². The van der Waals surface area contributed by atoms with Gasteiger partial charge >= 0.3 is 5.97 Å². The van der Waals surface area contributed by atoms with E-state index >= 15 is 0 Å². The van der Waals surface area contributed by atoms with Gasteiger partial charge in [-0.15, -0.1) is 0 Å². The number of fused-ring (bicyclic) bond motifs is 2. The number of benzene rings is 3. The van der Waals surface area contributed by atoms with Crippen molar-refractivity contribution in [3.05, 3.63) is 76.4 Å². The lowest BCUT2D eigenvalue weighted by atomic mass is 10.0. The van der Waals surface area contributed by atoms with Crippen LogP contribution in [0.15, 0.2) is 65.1 Å². The van der Waals surface area contributed by atoms with E-state index in [9.17, 15) is 9.90 Å². The normalized spacial score (nSPS) is 11.2. The number of aryl methyl sites for hydroxylation is 1. The van der Waals surface area contributed by atoms with E-state index in [1.165, 1.54) is 0 Å². The smallest absolute Gasteiger partial charge is 0.352 e. The number of H-pyrrole nitrogens is 1. The number of nitrogens with one attached hydrogen (secondary N) is 1. The van der Waals surface area contributed by atoms with E-state index in [1.54, 1.807) is 0 Å². The van der Waals surface area contributed by atoms with Crippen LogP contribution in [0.1, 0.15) is 28.9 Å². The molecule has 0 fully saturated rings. The number of carboxylic acid groups (broad SMARTS) is 1. The fraction of sp³-hybridized carbons (Fsp3) is 0.174. The van der Waals surface area contributed by atoms with E-state index in [0.29, 0.717) is 13.0 Å². The molecule has 0 aliphatic carbocycles. The zero-order chi connectivity index (χ0) is 19.5. The molecule has 0 radical (unpaired) electrons. The van der Waals surface area contributed by atoms with Crippen molar-refractivity contribution in [3.63, 3.8) is 0 Å². The molecule has 0 saturated heterocycles. The number of carbonyl (C=O) groups is 1. The fourth-order valence-corrected chi connectivity index (χ4v) is 3.93. The molecular formula is C23H20BrNO3. The first kappa shape index (κ1) is 18.6. The van der Waals surface area contributed by atoms with Crippen LogP contribution in [0.5, 0.6) is 5.75 Å². The molecule has 4 aromatic rings. The number of hydrogen-bond acceptors (Lipinski definition) is 2. The highest BCUT2D eigenvalue weighted by atomic mass is 79.9. The maximum absolute atomic E-state index is 11.6.